The lowest BCUT2D eigenvalue weighted by Gasteiger charge is -2.42. The molecule has 4 aliphatic heterocycles. The molecule has 0 saturated carbocycles. The van der Waals surface area contributed by atoms with Gasteiger partial charge in [0.15, 0.2) is 6.04 Å². The van der Waals surface area contributed by atoms with Gasteiger partial charge in [0, 0.05) is 25.7 Å². The van der Waals surface area contributed by atoms with Gasteiger partial charge >= 0.3 is 0 Å². The van der Waals surface area contributed by atoms with Crippen molar-refractivity contribution in [3.05, 3.63) is 35.6 Å². The van der Waals surface area contributed by atoms with Crippen molar-refractivity contribution >= 4 is 11.6 Å². The predicted molar refractivity (Wildman–Crippen MR) is 76.3 cm³/mol. The van der Waals surface area contributed by atoms with Crippen molar-refractivity contribution in [2.75, 3.05) is 13.1 Å². The first-order valence-corrected chi connectivity index (χ1v) is 7.63. The molecule has 0 aliphatic carbocycles. The van der Waals surface area contributed by atoms with Gasteiger partial charge in [-0.25, -0.2) is 9.40 Å². The van der Waals surface area contributed by atoms with Gasteiger partial charge in [-0.1, -0.05) is 12.1 Å². The van der Waals surface area contributed by atoms with Gasteiger partial charge in [0.05, 0.1) is 13.1 Å². The van der Waals surface area contributed by atoms with E-state index in [2.05, 4.69) is 5.10 Å². The molecule has 0 spiro atoms. The lowest BCUT2D eigenvalue weighted by Crippen LogP contribution is -3.20. The number of hydrazone groups is 1. The number of rotatable bonds is 1. The van der Waals surface area contributed by atoms with E-state index in [-0.39, 0.29) is 23.8 Å². The molecule has 4 nitrogen and oxygen atoms in total. The SMILES string of the molecule is CC(=O)N1N=C2C3CC[NH+](CC3)[C@H]2[C@@H]1c1ccc(F)cc1. The maximum atomic E-state index is 13.2. The zero-order chi connectivity index (χ0) is 14.6. The summed E-state index contributed by atoms with van der Waals surface area (Å²) in [7, 11) is 0. The van der Waals surface area contributed by atoms with E-state index in [9.17, 15) is 9.18 Å². The van der Waals surface area contributed by atoms with E-state index in [0.717, 1.165) is 18.7 Å². The fourth-order valence-corrected chi connectivity index (χ4v) is 4.17. The first-order valence-electron chi connectivity index (χ1n) is 7.63. The molecule has 5 heteroatoms. The van der Waals surface area contributed by atoms with Crippen molar-refractivity contribution in [1.82, 2.24) is 5.01 Å². The summed E-state index contributed by atoms with van der Waals surface area (Å²) in [5.41, 5.74) is 2.17. The fourth-order valence-electron chi connectivity index (χ4n) is 4.17. The normalized spacial score (nSPS) is 33.8. The molecule has 1 amide bonds. The highest BCUT2D eigenvalue weighted by atomic mass is 19.1. The number of nitrogens with one attached hydrogen (secondary N) is 1. The van der Waals surface area contributed by atoms with E-state index in [1.165, 1.54) is 35.6 Å². The summed E-state index contributed by atoms with van der Waals surface area (Å²) in [5, 5.41) is 6.28. The van der Waals surface area contributed by atoms with Gasteiger partial charge in [0.2, 0.25) is 5.91 Å². The third-order valence-corrected chi connectivity index (χ3v) is 5.14. The van der Waals surface area contributed by atoms with Crippen LogP contribution in [-0.4, -0.2) is 35.8 Å². The Kier molecular flexibility index (Phi) is 2.85. The minimum Gasteiger partial charge on any atom is -0.326 e. The van der Waals surface area contributed by atoms with Gasteiger partial charge in [-0.3, -0.25) is 4.79 Å². The number of nitrogens with zero attached hydrogens (tertiary/aromatic N) is 2. The van der Waals surface area contributed by atoms with Crippen LogP contribution < -0.4 is 4.90 Å². The van der Waals surface area contributed by atoms with Crippen molar-refractivity contribution < 1.29 is 14.1 Å². The van der Waals surface area contributed by atoms with Crippen LogP contribution in [0.1, 0.15) is 31.4 Å². The number of quaternary nitrogens is 1. The molecule has 0 radical (unpaired) electrons. The average molecular weight is 288 g/mol. The Balaban J connectivity index is 1.77. The fraction of sp³-hybridized carbons (Fsp3) is 0.500. The number of fused-ring (bicyclic) bond motifs is 2. The van der Waals surface area contributed by atoms with Crippen LogP contribution in [0, 0.1) is 11.7 Å². The van der Waals surface area contributed by atoms with Crippen molar-refractivity contribution in [1.29, 1.82) is 0 Å². The van der Waals surface area contributed by atoms with Gasteiger partial charge in [-0.05, 0) is 17.7 Å². The summed E-state index contributed by atoms with van der Waals surface area (Å²) in [5.74, 6) is 0.246. The summed E-state index contributed by atoms with van der Waals surface area (Å²) in [4.78, 5) is 13.5. The second-order valence-corrected chi connectivity index (χ2v) is 6.30. The number of piperidine rings is 3. The molecule has 4 heterocycles. The Bertz CT molecular complexity index is 604. The molecule has 21 heavy (non-hydrogen) atoms. The molecule has 0 unspecified atom stereocenters. The highest BCUT2D eigenvalue weighted by molar-refractivity contribution is 5.95. The molecule has 3 fully saturated rings. The number of hydrogen-bond donors (Lipinski definition) is 1. The Labute approximate surface area is 123 Å². The number of carbonyl (C=O) groups is 1. The van der Waals surface area contributed by atoms with E-state index in [1.807, 2.05) is 0 Å². The van der Waals surface area contributed by atoms with Crippen LogP contribution in [0.3, 0.4) is 0 Å². The van der Waals surface area contributed by atoms with E-state index >= 15 is 0 Å². The van der Waals surface area contributed by atoms with E-state index in [4.69, 9.17) is 0 Å². The van der Waals surface area contributed by atoms with Crippen molar-refractivity contribution in [3.8, 4) is 0 Å². The van der Waals surface area contributed by atoms with E-state index in [0.29, 0.717) is 5.92 Å². The van der Waals surface area contributed by atoms with Crippen molar-refractivity contribution in [2.45, 2.75) is 31.8 Å². The zero-order valence-electron chi connectivity index (χ0n) is 12.1. The molecule has 3 saturated heterocycles. The van der Waals surface area contributed by atoms with Gasteiger partial charge in [0.25, 0.3) is 0 Å². The third-order valence-electron chi connectivity index (χ3n) is 5.14. The topological polar surface area (TPSA) is 37.1 Å². The predicted octanol–water partition coefficient (Wildman–Crippen LogP) is 0.762. The minimum absolute atomic E-state index is 0.0359. The Morgan fingerprint density at radius 1 is 1.29 bits per heavy atom. The van der Waals surface area contributed by atoms with Gasteiger partial charge in [0.1, 0.15) is 17.6 Å². The lowest BCUT2D eigenvalue weighted by atomic mass is 9.78. The van der Waals surface area contributed by atoms with Crippen LogP contribution in [0.15, 0.2) is 29.4 Å². The van der Waals surface area contributed by atoms with Crippen LogP contribution in [0.4, 0.5) is 4.39 Å². The second kappa shape index (κ2) is 4.63. The molecule has 0 aromatic heterocycles. The molecular formula is C16H19FN3O+. The molecule has 1 N–H and O–H groups in total. The smallest absolute Gasteiger partial charge is 0.240 e. The Morgan fingerprint density at radius 2 is 1.95 bits per heavy atom. The first kappa shape index (κ1) is 13.0. The lowest BCUT2D eigenvalue weighted by molar-refractivity contribution is -0.927. The van der Waals surface area contributed by atoms with Crippen LogP contribution in [0.5, 0.6) is 0 Å². The number of benzene rings is 1. The van der Waals surface area contributed by atoms with Gasteiger partial charge in [-0.15, -0.1) is 0 Å². The summed E-state index contributed by atoms with van der Waals surface area (Å²) in [6, 6.07) is 6.70. The standard InChI is InChI=1S/C16H18FN3O/c1-10(21)20-15(12-2-4-13(17)5-3-12)16-14(18-20)11-6-8-19(16)9-7-11/h2-5,11,15-16H,6-9H2,1H3/p+1/t15-,16+/m0/s1. The number of carbonyl (C=O) groups excluding carboxylic acids is 1. The molecule has 110 valence electrons. The number of hydrogen-bond acceptors (Lipinski definition) is 2. The summed E-state index contributed by atoms with van der Waals surface area (Å²) < 4.78 is 13.2. The van der Waals surface area contributed by atoms with Crippen LogP contribution >= 0.6 is 0 Å². The highest BCUT2D eigenvalue weighted by Gasteiger charge is 2.53. The molecule has 4 aliphatic rings. The second-order valence-electron chi connectivity index (χ2n) is 6.30. The summed E-state index contributed by atoms with van der Waals surface area (Å²) in [6.07, 6.45) is 2.35. The largest absolute Gasteiger partial charge is 0.326 e. The zero-order valence-corrected chi connectivity index (χ0v) is 12.1. The molecule has 5 rings (SSSR count). The Morgan fingerprint density at radius 3 is 2.57 bits per heavy atom. The highest BCUT2D eigenvalue weighted by Crippen LogP contribution is 2.36. The van der Waals surface area contributed by atoms with Crippen LogP contribution in [0.25, 0.3) is 0 Å². The minimum atomic E-state index is -0.245. The summed E-state index contributed by atoms with van der Waals surface area (Å²) >= 11 is 0. The quantitative estimate of drug-likeness (QED) is 0.814. The first-order chi connectivity index (χ1) is 10.1. The maximum absolute atomic E-state index is 13.2. The molecular weight excluding hydrogens is 269 g/mol. The monoisotopic (exact) mass is 288 g/mol. The van der Waals surface area contributed by atoms with E-state index < -0.39 is 0 Å². The van der Waals surface area contributed by atoms with Crippen LogP contribution in [-0.2, 0) is 4.79 Å². The molecule has 2 bridgehead atoms. The summed E-state index contributed by atoms with van der Waals surface area (Å²) in [6.45, 7) is 3.86. The molecule has 1 aromatic carbocycles. The third kappa shape index (κ3) is 1.91. The number of halogens is 1. The number of amides is 1. The van der Waals surface area contributed by atoms with Gasteiger partial charge < -0.3 is 4.90 Å². The van der Waals surface area contributed by atoms with Crippen molar-refractivity contribution in [3.63, 3.8) is 0 Å². The maximum Gasteiger partial charge on any atom is 0.240 e. The molecule has 2 atom stereocenters. The molecule has 1 aromatic rings. The van der Waals surface area contributed by atoms with Crippen LogP contribution in [0.2, 0.25) is 0 Å². The van der Waals surface area contributed by atoms with E-state index in [1.54, 1.807) is 24.1 Å². The van der Waals surface area contributed by atoms with Gasteiger partial charge in [-0.2, -0.15) is 5.10 Å². The Hall–Kier alpha value is -1.75. The average Bonchev–Trinajstić information content (AvgIpc) is 2.92. The van der Waals surface area contributed by atoms with Crippen molar-refractivity contribution in [2.24, 2.45) is 11.0 Å².